The second-order valence-electron chi connectivity index (χ2n) is 6.33. The van der Waals surface area contributed by atoms with E-state index in [0.717, 1.165) is 30.4 Å². The molecule has 1 aromatic carbocycles. The number of aryl methyl sites for hydroxylation is 1. The van der Waals surface area contributed by atoms with E-state index in [0.29, 0.717) is 28.1 Å². The Bertz CT molecular complexity index is 958. The van der Waals surface area contributed by atoms with Gasteiger partial charge in [-0.05, 0) is 48.3 Å². The van der Waals surface area contributed by atoms with Gasteiger partial charge < -0.3 is 9.64 Å². The maximum Gasteiger partial charge on any atom is 0.157 e. The summed E-state index contributed by atoms with van der Waals surface area (Å²) in [7, 11) is 0. The molecule has 1 saturated carbocycles. The average Bonchev–Trinajstić information content (AvgIpc) is 3.12. The Labute approximate surface area is 163 Å². The van der Waals surface area contributed by atoms with Gasteiger partial charge in [0.25, 0.3) is 0 Å². The molecular weight excluding hydrogens is 434 g/mol. The van der Waals surface area contributed by atoms with Crippen molar-refractivity contribution in [1.82, 2.24) is 9.78 Å². The fourth-order valence-corrected chi connectivity index (χ4v) is 3.78. The van der Waals surface area contributed by atoms with Crippen LogP contribution in [0.5, 0.6) is 5.75 Å². The molecule has 0 N–H and O–H groups in total. The SMILES string of the molecule is [2H]C([2H])([2H])n1ncc(I)c1-c1c(F)c(N2CCCC2)cc(OC2CC2)c1C#N. The summed E-state index contributed by atoms with van der Waals surface area (Å²) in [6.07, 6.45) is 5.08. The number of aromatic nitrogens is 2. The molecule has 7 heteroatoms. The van der Waals surface area contributed by atoms with Crippen molar-refractivity contribution in [2.75, 3.05) is 18.0 Å². The van der Waals surface area contributed by atoms with E-state index < -0.39 is 12.8 Å². The summed E-state index contributed by atoms with van der Waals surface area (Å²) in [5.41, 5.74) is 0.379. The number of hydrogen-bond acceptors (Lipinski definition) is 4. The van der Waals surface area contributed by atoms with Crippen LogP contribution in [0.1, 0.15) is 35.4 Å². The fraction of sp³-hybridized carbons (Fsp3) is 0.444. The van der Waals surface area contributed by atoms with Crippen LogP contribution in [-0.2, 0) is 6.98 Å². The molecular formula is C18H18FIN4O. The van der Waals surface area contributed by atoms with Crippen LogP contribution in [-0.4, -0.2) is 29.0 Å². The second kappa shape index (κ2) is 6.48. The van der Waals surface area contributed by atoms with Crippen molar-refractivity contribution < 1.29 is 13.2 Å². The third kappa shape index (κ3) is 2.97. The topological polar surface area (TPSA) is 54.1 Å². The van der Waals surface area contributed by atoms with Gasteiger partial charge in [0.15, 0.2) is 5.82 Å². The predicted octanol–water partition coefficient (Wildman–Crippen LogP) is 3.84. The largest absolute Gasteiger partial charge is 0.489 e. The molecule has 1 aliphatic heterocycles. The van der Waals surface area contributed by atoms with Crippen LogP contribution in [0.2, 0.25) is 0 Å². The van der Waals surface area contributed by atoms with Crippen LogP contribution in [0.15, 0.2) is 12.3 Å². The fourth-order valence-electron chi connectivity index (χ4n) is 3.15. The van der Waals surface area contributed by atoms with Crippen LogP contribution in [0.25, 0.3) is 11.3 Å². The zero-order chi connectivity index (χ0) is 20.1. The van der Waals surface area contributed by atoms with Crippen molar-refractivity contribution in [3.63, 3.8) is 0 Å². The lowest BCUT2D eigenvalue weighted by Gasteiger charge is -2.22. The molecule has 4 rings (SSSR count). The minimum absolute atomic E-state index is 0.0104. The van der Waals surface area contributed by atoms with Gasteiger partial charge in [-0.2, -0.15) is 10.4 Å². The molecule has 1 saturated heterocycles. The maximum atomic E-state index is 15.7. The van der Waals surface area contributed by atoms with Gasteiger partial charge in [-0.1, -0.05) is 0 Å². The molecule has 2 aliphatic rings. The second-order valence-corrected chi connectivity index (χ2v) is 7.50. The molecule has 2 heterocycles. The van der Waals surface area contributed by atoms with Crippen LogP contribution in [0.3, 0.4) is 0 Å². The highest BCUT2D eigenvalue weighted by Crippen LogP contribution is 2.42. The van der Waals surface area contributed by atoms with Crippen molar-refractivity contribution in [2.45, 2.75) is 31.8 Å². The highest BCUT2D eigenvalue weighted by molar-refractivity contribution is 14.1. The van der Waals surface area contributed by atoms with Crippen molar-refractivity contribution in [3.05, 3.63) is 27.2 Å². The minimum atomic E-state index is -2.60. The quantitative estimate of drug-likeness (QED) is 0.658. The van der Waals surface area contributed by atoms with Crippen molar-refractivity contribution in [3.8, 4) is 23.1 Å². The zero-order valence-electron chi connectivity index (χ0n) is 16.4. The molecule has 130 valence electrons. The van der Waals surface area contributed by atoms with E-state index in [1.807, 2.05) is 33.6 Å². The summed E-state index contributed by atoms with van der Waals surface area (Å²) in [4.78, 5) is 1.92. The van der Waals surface area contributed by atoms with Gasteiger partial charge in [0.2, 0.25) is 0 Å². The van der Waals surface area contributed by atoms with Gasteiger partial charge >= 0.3 is 0 Å². The first-order chi connectivity index (χ1) is 13.3. The number of rotatable bonds is 4. The van der Waals surface area contributed by atoms with E-state index in [1.54, 1.807) is 6.07 Å². The van der Waals surface area contributed by atoms with E-state index >= 15 is 4.39 Å². The van der Waals surface area contributed by atoms with Gasteiger partial charge in [0, 0.05) is 30.2 Å². The monoisotopic (exact) mass is 455 g/mol. The Balaban J connectivity index is 1.99. The van der Waals surface area contributed by atoms with Crippen LogP contribution in [0, 0.1) is 20.7 Å². The number of halogens is 2. The predicted molar refractivity (Wildman–Crippen MR) is 101 cm³/mol. The Kier molecular flexibility index (Phi) is 3.47. The number of nitrogens with zero attached hydrogens (tertiary/aromatic N) is 4. The molecule has 0 spiro atoms. The van der Waals surface area contributed by atoms with Crippen LogP contribution in [0.4, 0.5) is 10.1 Å². The zero-order valence-corrected chi connectivity index (χ0v) is 15.6. The van der Waals surface area contributed by atoms with Gasteiger partial charge in [0.05, 0.1) is 32.8 Å². The first-order valence-electron chi connectivity index (χ1n) is 9.74. The molecule has 0 unspecified atom stereocenters. The lowest BCUT2D eigenvalue weighted by Crippen LogP contribution is -2.20. The molecule has 0 radical (unpaired) electrons. The van der Waals surface area contributed by atoms with E-state index in [1.165, 1.54) is 6.20 Å². The Morgan fingerprint density at radius 2 is 2.20 bits per heavy atom. The summed E-state index contributed by atoms with van der Waals surface area (Å²) in [5.74, 6) is -0.303. The average molecular weight is 455 g/mol. The number of ether oxygens (including phenoxy) is 1. The molecule has 2 aromatic rings. The highest BCUT2D eigenvalue weighted by Gasteiger charge is 2.31. The summed E-state index contributed by atoms with van der Waals surface area (Å²) in [6, 6.07) is 3.63. The molecule has 1 aliphatic carbocycles. The maximum absolute atomic E-state index is 15.7. The lowest BCUT2D eigenvalue weighted by molar-refractivity contribution is 0.302. The van der Waals surface area contributed by atoms with E-state index in [2.05, 4.69) is 5.10 Å². The van der Waals surface area contributed by atoms with E-state index in [-0.39, 0.29) is 22.9 Å². The van der Waals surface area contributed by atoms with Gasteiger partial charge in [-0.3, -0.25) is 4.68 Å². The molecule has 5 nitrogen and oxygen atoms in total. The van der Waals surface area contributed by atoms with E-state index in [4.69, 9.17) is 8.85 Å². The Hall–Kier alpha value is -1.82. The first kappa shape index (κ1) is 13.4. The van der Waals surface area contributed by atoms with Crippen LogP contribution >= 0.6 is 22.6 Å². The minimum Gasteiger partial charge on any atom is -0.489 e. The number of benzene rings is 1. The molecule has 25 heavy (non-hydrogen) atoms. The molecule has 0 atom stereocenters. The smallest absolute Gasteiger partial charge is 0.157 e. The number of nitriles is 1. The van der Waals surface area contributed by atoms with E-state index in [9.17, 15) is 5.26 Å². The summed E-state index contributed by atoms with van der Waals surface area (Å²) in [6.45, 7) is -1.18. The first-order valence-corrected chi connectivity index (χ1v) is 9.31. The van der Waals surface area contributed by atoms with Crippen LogP contribution < -0.4 is 9.64 Å². The molecule has 0 bridgehead atoms. The Morgan fingerprint density at radius 1 is 1.44 bits per heavy atom. The van der Waals surface area contributed by atoms with Crippen molar-refractivity contribution >= 4 is 28.3 Å². The highest BCUT2D eigenvalue weighted by atomic mass is 127. The van der Waals surface area contributed by atoms with Gasteiger partial charge in [-0.15, -0.1) is 0 Å². The standard InChI is InChI=1S/C18H18FIN4O/c1-23-18(13(20)10-22-23)16-12(9-21)15(25-11-4-5-11)8-14(17(16)19)24-6-2-3-7-24/h8,10-11H,2-7H2,1H3/i1D3. The number of anilines is 1. The lowest BCUT2D eigenvalue weighted by atomic mass is 10.0. The summed E-state index contributed by atoms with van der Waals surface area (Å²) in [5, 5.41) is 13.7. The van der Waals surface area contributed by atoms with Crippen molar-refractivity contribution in [2.24, 2.45) is 6.98 Å². The molecule has 1 aromatic heterocycles. The molecule has 2 fully saturated rings. The van der Waals surface area contributed by atoms with Crippen molar-refractivity contribution in [1.29, 1.82) is 5.26 Å². The van der Waals surface area contributed by atoms with Gasteiger partial charge in [0.1, 0.15) is 17.4 Å². The normalized spacial score (nSPS) is 19.2. The Morgan fingerprint density at radius 3 is 2.84 bits per heavy atom. The third-order valence-electron chi connectivity index (χ3n) is 4.55. The third-order valence-corrected chi connectivity index (χ3v) is 5.34. The summed E-state index contributed by atoms with van der Waals surface area (Å²) < 4.78 is 46.2. The number of hydrogen-bond donors (Lipinski definition) is 0. The molecule has 0 amide bonds. The van der Waals surface area contributed by atoms with Gasteiger partial charge in [-0.25, -0.2) is 4.39 Å². The summed E-state index contributed by atoms with van der Waals surface area (Å²) >= 11 is 1.92.